The Hall–Kier alpha value is -0.840. The van der Waals surface area contributed by atoms with Crippen molar-refractivity contribution in [3.8, 4) is 5.75 Å². The summed E-state index contributed by atoms with van der Waals surface area (Å²) in [5.74, 6) is 0.239. The van der Waals surface area contributed by atoms with Gasteiger partial charge in [0, 0.05) is 13.1 Å². The highest BCUT2D eigenvalue weighted by Crippen LogP contribution is 2.33. The number of benzene rings is 2. The minimum Gasteiger partial charge on any atom is -0.506 e. The van der Waals surface area contributed by atoms with Crippen LogP contribution in [0.4, 0.5) is 0 Å². The molecule has 0 heterocycles. The van der Waals surface area contributed by atoms with Gasteiger partial charge in [0.1, 0.15) is 5.75 Å². The summed E-state index contributed by atoms with van der Waals surface area (Å²) in [4.78, 5) is 0. The van der Waals surface area contributed by atoms with E-state index in [2.05, 4.69) is 62.3 Å². The van der Waals surface area contributed by atoms with Gasteiger partial charge in [0.05, 0.1) is 8.95 Å². The van der Waals surface area contributed by atoms with Gasteiger partial charge in [-0.2, -0.15) is 0 Å². The number of nitrogens with one attached hydrogen (secondary N) is 1. The van der Waals surface area contributed by atoms with Crippen LogP contribution in [0.15, 0.2) is 45.3 Å². The maximum atomic E-state index is 9.66. The van der Waals surface area contributed by atoms with Crippen LogP contribution in [0.5, 0.6) is 5.75 Å². The van der Waals surface area contributed by atoms with Crippen LogP contribution in [0.2, 0.25) is 0 Å². The molecule has 2 N–H and O–H groups in total. The molecule has 4 heteroatoms. The first-order valence-electron chi connectivity index (χ1n) is 6.00. The predicted molar refractivity (Wildman–Crippen MR) is 85.2 cm³/mol. The molecule has 0 aromatic heterocycles. The number of phenols is 1. The summed E-state index contributed by atoms with van der Waals surface area (Å²) in [6.07, 6.45) is 0. The Kier molecular flexibility index (Phi) is 5.02. The van der Waals surface area contributed by atoms with Crippen molar-refractivity contribution in [1.82, 2.24) is 5.32 Å². The van der Waals surface area contributed by atoms with Crippen molar-refractivity contribution in [2.45, 2.75) is 20.0 Å². The van der Waals surface area contributed by atoms with Gasteiger partial charge in [0.25, 0.3) is 0 Å². The molecule has 0 fully saturated rings. The molecule has 0 atom stereocenters. The summed E-state index contributed by atoms with van der Waals surface area (Å²) in [5.41, 5.74) is 3.72. The van der Waals surface area contributed by atoms with Crippen LogP contribution in [0.1, 0.15) is 16.7 Å². The fourth-order valence-electron chi connectivity index (χ4n) is 1.87. The summed E-state index contributed by atoms with van der Waals surface area (Å²) in [7, 11) is 0. The van der Waals surface area contributed by atoms with Gasteiger partial charge in [-0.25, -0.2) is 0 Å². The van der Waals surface area contributed by atoms with Crippen molar-refractivity contribution >= 4 is 31.9 Å². The predicted octanol–water partition coefficient (Wildman–Crippen LogP) is 4.52. The third kappa shape index (κ3) is 3.81. The summed E-state index contributed by atoms with van der Waals surface area (Å²) in [6, 6.07) is 12.2. The lowest BCUT2D eigenvalue weighted by Gasteiger charge is -2.09. The van der Waals surface area contributed by atoms with E-state index in [1.165, 1.54) is 11.1 Å². The standard InChI is InChI=1S/C15H15Br2NO/c1-10-4-2-3-5-12(10)9-18-8-11-6-13(16)15(19)14(17)7-11/h2-7,18-19H,8-9H2,1H3. The van der Waals surface area contributed by atoms with E-state index in [4.69, 9.17) is 0 Å². The molecular formula is C15H15Br2NO. The molecule has 0 spiro atoms. The molecular weight excluding hydrogens is 370 g/mol. The van der Waals surface area contributed by atoms with Crippen LogP contribution in [-0.2, 0) is 13.1 Å². The second kappa shape index (κ2) is 6.55. The van der Waals surface area contributed by atoms with E-state index in [0.717, 1.165) is 18.7 Å². The Bertz CT molecular complexity index is 561. The molecule has 0 saturated carbocycles. The first-order chi connectivity index (χ1) is 9.08. The molecule has 0 bridgehead atoms. The Morgan fingerprint density at radius 3 is 2.32 bits per heavy atom. The maximum absolute atomic E-state index is 9.66. The zero-order chi connectivity index (χ0) is 13.8. The number of aryl methyl sites for hydroxylation is 1. The molecule has 0 amide bonds. The fraction of sp³-hybridized carbons (Fsp3) is 0.200. The molecule has 2 aromatic rings. The lowest BCUT2D eigenvalue weighted by atomic mass is 10.1. The number of halogens is 2. The van der Waals surface area contributed by atoms with Crippen molar-refractivity contribution in [3.05, 3.63) is 62.0 Å². The summed E-state index contributed by atoms with van der Waals surface area (Å²) < 4.78 is 1.41. The first-order valence-corrected chi connectivity index (χ1v) is 7.58. The van der Waals surface area contributed by atoms with Crippen LogP contribution in [0.3, 0.4) is 0 Å². The van der Waals surface area contributed by atoms with E-state index >= 15 is 0 Å². The van der Waals surface area contributed by atoms with Crippen molar-refractivity contribution in [1.29, 1.82) is 0 Å². The molecule has 0 saturated heterocycles. The number of rotatable bonds is 4. The van der Waals surface area contributed by atoms with Crippen molar-refractivity contribution in [2.24, 2.45) is 0 Å². The van der Waals surface area contributed by atoms with Crippen LogP contribution in [-0.4, -0.2) is 5.11 Å². The van der Waals surface area contributed by atoms with E-state index in [1.54, 1.807) is 0 Å². The molecule has 0 aliphatic carbocycles. The summed E-state index contributed by atoms with van der Waals surface area (Å²) in [5, 5.41) is 13.1. The zero-order valence-corrected chi connectivity index (χ0v) is 13.8. The second-order valence-corrected chi connectivity index (χ2v) is 6.15. The molecule has 0 radical (unpaired) electrons. The van der Waals surface area contributed by atoms with Crippen LogP contribution >= 0.6 is 31.9 Å². The highest BCUT2D eigenvalue weighted by molar-refractivity contribution is 9.11. The lowest BCUT2D eigenvalue weighted by Crippen LogP contribution is -2.13. The number of hydrogen-bond donors (Lipinski definition) is 2. The zero-order valence-electron chi connectivity index (χ0n) is 10.6. The maximum Gasteiger partial charge on any atom is 0.143 e. The highest BCUT2D eigenvalue weighted by Gasteiger charge is 2.05. The van der Waals surface area contributed by atoms with E-state index in [9.17, 15) is 5.11 Å². The normalized spacial score (nSPS) is 10.7. The smallest absolute Gasteiger partial charge is 0.143 e. The van der Waals surface area contributed by atoms with Gasteiger partial charge in [-0.3, -0.25) is 0 Å². The third-order valence-corrected chi connectivity index (χ3v) is 4.19. The average molecular weight is 385 g/mol. The minimum absolute atomic E-state index is 0.239. The Morgan fingerprint density at radius 1 is 1.05 bits per heavy atom. The largest absolute Gasteiger partial charge is 0.506 e. The van der Waals surface area contributed by atoms with Crippen molar-refractivity contribution in [3.63, 3.8) is 0 Å². The molecule has 19 heavy (non-hydrogen) atoms. The Balaban J connectivity index is 1.98. The minimum atomic E-state index is 0.239. The van der Waals surface area contributed by atoms with E-state index < -0.39 is 0 Å². The average Bonchev–Trinajstić information content (AvgIpc) is 2.38. The van der Waals surface area contributed by atoms with Gasteiger partial charge in [0.15, 0.2) is 0 Å². The molecule has 100 valence electrons. The molecule has 2 aromatic carbocycles. The van der Waals surface area contributed by atoms with Crippen LogP contribution < -0.4 is 5.32 Å². The molecule has 2 rings (SSSR count). The summed E-state index contributed by atoms with van der Waals surface area (Å²) in [6.45, 7) is 3.71. The van der Waals surface area contributed by atoms with Gasteiger partial charge >= 0.3 is 0 Å². The molecule has 0 aliphatic heterocycles. The monoisotopic (exact) mass is 383 g/mol. The van der Waals surface area contributed by atoms with Gasteiger partial charge in [-0.15, -0.1) is 0 Å². The molecule has 2 nitrogen and oxygen atoms in total. The third-order valence-electron chi connectivity index (χ3n) is 2.98. The Labute approximate surface area is 130 Å². The quantitative estimate of drug-likeness (QED) is 0.812. The summed E-state index contributed by atoms with van der Waals surface area (Å²) >= 11 is 6.68. The fourth-order valence-corrected chi connectivity index (χ4v) is 3.15. The lowest BCUT2D eigenvalue weighted by molar-refractivity contribution is 0.468. The number of hydrogen-bond acceptors (Lipinski definition) is 2. The van der Waals surface area contributed by atoms with Gasteiger partial charge in [-0.05, 0) is 67.6 Å². The number of phenolic OH excluding ortho intramolecular Hbond substituents is 1. The second-order valence-electron chi connectivity index (χ2n) is 4.44. The van der Waals surface area contributed by atoms with Crippen LogP contribution in [0.25, 0.3) is 0 Å². The van der Waals surface area contributed by atoms with Crippen molar-refractivity contribution < 1.29 is 5.11 Å². The van der Waals surface area contributed by atoms with Crippen molar-refractivity contribution in [2.75, 3.05) is 0 Å². The first kappa shape index (κ1) is 14.6. The van der Waals surface area contributed by atoms with Gasteiger partial charge < -0.3 is 10.4 Å². The SMILES string of the molecule is Cc1ccccc1CNCc1cc(Br)c(O)c(Br)c1. The van der Waals surface area contributed by atoms with Gasteiger partial charge in [0.2, 0.25) is 0 Å². The van der Waals surface area contributed by atoms with Gasteiger partial charge in [-0.1, -0.05) is 24.3 Å². The Morgan fingerprint density at radius 2 is 1.68 bits per heavy atom. The van der Waals surface area contributed by atoms with E-state index in [0.29, 0.717) is 8.95 Å². The molecule has 0 aliphatic rings. The van der Waals surface area contributed by atoms with E-state index in [1.807, 2.05) is 18.2 Å². The number of aromatic hydroxyl groups is 1. The highest BCUT2D eigenvalue weighted by atomic mass is 79.9. The van der Waals surface area contributed by atoms with Crippen LogP contribution in [0, 0.1) is 6.92 Å². The molecule has 0 unspecified atom stereocenters. The topological polar surface area (TPSA) is 32.3 Å². The van der Waals surface area contributed by atoms with E-state index in [-0.39, 0.29) is 5.75 Å².